The Bertz CT molecular complexity index is 527. The minimum absolute atomic E-state index is 0.144. The molecule has 0 aromatic carbocycles. The van der Waals surface area contributed by atoms with Gasteiger partial charge in [-0.05, 0) is 31.2 Å². The van der Waals surface area contributed by atoms with Crippen LogP contribution in [0.25, 0.3) is 0 Å². The van der Waals surface area contributed by atoms with Gasteiger partial charge in [-0.3, -0.25) is 14.4 Å². The molecule has 116 valence electrons. The van der Waals surface area contributed by atoms with Gasteiger partial charge in [-0.25, -0.2) is 4.68 Å². The number of aliphatic carboxylic acids is 1. The summed E-state index contributed by atoms with van der Waals surface area (Å²) in [6.07, 6.45) is -0.503. The molecule has 1 rings (SSSR count). The summed E-state index contributed by atoms with van der Waals surface area (Å²) in [7, 11) is 0. The van der Waals surface area contributed by atoms with Crippen LogP contribution in [0.3, 0.4) is 0 Å². The van der Waals surface area contributed by atoms with Crippen LogP contribution in [-0.2, 0) is 32.1 Å². The predicted octanol–water partition coefficient (Wildman–Crippen LogP) is -1.24. The fraction of sp³-hybridized carbons (Fsp3) is 0.636. The molecule has 0 aliphatic rings. The lowest BCUT2D eigenvalue weighted by Gasteiger charge is -2.10. The third-order valence-corrected chi connectivity index (χ3v) is 2.32. The highest BCUT2D eigenvalue weighted by molar-refractivity contribution is 5.84. The van der Waals surface area contributed by atoms with E-state index in [2.05, 4.69) is 20.8 Å². The van der Waals surface area contributed by atoms with Crippen LogP contribution in [0, 0.1) is 0 Å². The van der Waals surface area contributed by atoms with Crippen molar-refractivity contribution in [1.29, 1.82) is 0 Å². The minimum Gasteiger partial charge on any atom is -0.480 e. The summed E-state index contributed by atoms with van der Waals surface area (Å²) < 4.78 is 6.08. The van der Waals surface area contributed by atoms with Crippen molar-refractivity contribution in [2.75, 3.05) is 0 Å². The van der Waals surface area contributed by atoms with Crippen molar-refractivity contribution >= 4 is 17.8 Å². The van der Waals surface area contributed by atoms with Crippen LogP contribution in [0.5, 0.6) is 0 Å². The number of carbonyl (C=O) groups is 3. The normalized spacial score (nSPS) is 12.0. The van der Waals surface area contributed by atoms with E-state index >= 15 is 0 Å². The molecule has 0 aliphatic carbocycles. The van der Waals surface area contributed by atoms with Gasteiger partial charge in [0.15, 0.2) is 5.82 Å². The third-order valence-electron chi connectivity index (χ3n) is 2.32. The summed E-state index contributed by atoms with van der Waals surface area (Å²) in [6, 6.07) is -1.02. The van der Waals surface area contributed by atoms with Crippen LogP contribution in [0.1, 0.15) is 26.6 Å². The van der Waals surface area contributed by atoms with Gasteiger partial charge in [0.25, 0.3) is 0 Å². The van der Waals surface area contributed by atoms with E-state index < -0.39 is 23.9 Å². The molecule has 0 saturated carbocycles. The van der Waals surface area contributed by atoms with Crippen molar-refractivity contribution in [1.82, 2.24) is 25.5 Å². The first-order valence-corrected chi connectivity index (χ1v) is 6.26. The molecule has 1 heterocycles. The standard InChI is InChI=1S/C11H17N5O5/c1-6(2)21-10(18)5-16-8(13-14-15-16)4-9(17)12-7(3)11(19)20/h6-7H,4-5H2,1-3H3,(H,12,17)(H,19,20). The van der Waals surface area contributed by atoms with Gasteiger partial charge in [0.05, 0.1) is 12.5 Å². The van der Waals surface area contributed by atoms with Crippen LogP contribution in [0.15, 0.2) is 0 Å². The second-order valence-electron chi connectivity index (χ2n) is 4.60. The number of aromatic nitrogens is 4. The minimum atomic E-state index is -1.15. The van der Waals surface area contributed by atoms with Crippen molar-refractivity contribution in [3.05, 3.63) is 5.82 Å². The molecule has 1 atom stereocenters. The quantitative estimate of drug-likeness (QED) is 0.596. The van der Waals surface area contributed by atoms with Crippen LogP contribution in [0.2, 0.25) is 0 Å². The van der Waals surface area contributed by atoms with E-state index in [-0.39, 0.29) is 24.9 Å². The van der Waals surface area contributed by atoms with Gasteiger partial charge in [-0.1, -0.05) is 0 Å². The molecule has 1 aromatic heterocycles. The van der Waals surface area contributed by atoms with Gasteiger partial charge in [0, 0.05) is 0 Å². The van der Waals surface area contributed by atoms with Crippen molar-refractivity contribution in [3.8, 4) is 0 Å². The first-order chi connectivity index (χ1) is 9.79. The monoisotopic (exact) mass is 299 g/mol. The van der Waals surface area contributed by atoms with E-state index in [0.717, 1.165) is 4.68 Å². The number of amides is 1. The van der Waals surface area contributed by atoms with Gasteiger partial charge in [-0.2, -0.15) is 0 Å². The average Bonchev–Trinajstić information content (AvgIpc) is 2.74. The number of nitrogens with one attached hydrogen (secondary N) is 1. The van der Waals surface area contributed by atoms with Crippen LogP contribution < -0.4 is 5.32 Å². The number of tetrazole rings is 1. The Hall–Kier alpha value is -2.52. The number of carboxylic acids is 1. The molecule has 0 bridgehead atoms. The lowest BCUT2D eigenvalue weighted by atomic mass is 10.3. The van der Waals surface area contributed by atoms with Gasteiger partial charge in [0.2, 0.25) is 5.91 Å². The van der Waals surface area contributed by atoms with E-state index in [9.17, 15) is 14.4 Å². The zero-order valence-electron chi connectivity index (χ0n) is 11.9. The highest BCUT2D eigenvalue weighted by Gasteiger charge is 2.18. The number of rotatable bonds is 7. The smallest absolute Gasteiger partial charge is 0.328 e. The van der Waals surface area contributed by atoms with E-state index in [1.54, 1.807) is 13.8 Å². The maximum absolute atomic E-state index is 11.6. The second-order valence-corrected chi connectivity index (χ2v) is 4.60. The van der Waals surface area contributed by atoms with E-state index in [1.807, 2.05) is 0 Å². The van der Waals surface area contributed by atoms with E-state index in [0.29, 0.717) is 0 Å². The molecular weight excluding hydrogens is 282 g/mol. The third kappa shape index (κ3) is 5.55. The lowest BCUT2D eigenvalue weighted by molar-refractivity contribution is -0.148. The van der Waals surface area contributed by atoms with Gasteiger partial charge in [-0.15, -0.1) is 5.10 Å². The Labute approximate surface area is 120 Å². The van der Waals surface area contributed by atoms with Crippen molar-refractivity contribution in [2.24, 2.45) is 0 Å². The molecule has 2 N–H and O–H groups in total. The molecule has 10 heteroatoms. The molecule has 0 spiro atoms. The van der Waals surface area contributed by atoms with E-state index in [1.165, 1.54) is 6.92 Å². The summed E-state index contributed by atoms with van der Waals surface area (Å²) >= 11 is 0. The highest BCUT2D eigenvalue weighted by atomic mass is 16.5. The molecule has 10 nitrogen and oxygen atoms in total. The number of nitrogens with zero attached hydrogens (tertiary/aromatic N) is 4. The Morgan fingerprint density at radius 3 is 2.57 bits per heavy atom. The number of carboxylic acid groups (broad SMARTS) is 1. The first-order valence-electron chi connectivity index (χ1n) is 6.26. The van der Waals surface area contributed by atoms with Crippen molar-refractivity contribution in [2.45, 2.75) is 45.9 Å². The van der Waals surface area contributed by atoms with Crippen LogP contribution >= 0.6 is 0 Å². The SMILES string of the molecule is CC(C)OC(=O)Cn1nnnc1CC(=O)NC(C)C(=O)O. The fourth-order valence-electron chi connectivity index (χ4n) is 1.39. The number of hydrogen-bond donors (Lipinski definition) is 2. The van der Waals surface area contributed by atoms with Crippen molar-refractivity contribution in [3.63, 3.8) is 0 Å². The summed E-state index contributed by atoms with van der Waals surface area (Å²) in [5, 5.41) is 21.6. The maximum atomic E-state index is 11.6. The summed E-state index contributed by atoms with van der Waals surface area (Å²) in [5.41, 5.74) is 0. The van der Waals surface area contributed by atoms with Gasteiger partial charge < -0.3 is 15.2 Å². The molecule has 0 radical (unpaired) electrons. The topological polar surface area (TPSA) is 136 Å². The zero-order valence-corrected chi connectivity index (χ0v) is 11.9. The number of ether oxygens (including phenoxy) is 1. The van der Waals surface area contributed by atoms with E-state index in [4.69, 9.17) is 9.84 Å². The van der Waals surface area contributed by atoms with Crippen LogP contribution in [-0.4, -0.2) is 55.3 Å². The first kappa shape index (κ1) is 16.5. The lowest BCUT2D eigenvalue weighted by Crippen LogP contribution is -2.39. The Balaban J connectivity index is 2.61. The molecule has 21 heavy (non-hydrogen) atoms. The van der Waals surface area contributed by atoms with Crippen molar-refractivity contribution < 1.29 is 24.2 Å². The molecule has 1 amide bonds. The molecule has 0 saturated heterocycles. The van der Waals surface area contributed by atoms with Crippen LogP contribution in [0.4, 0.5) is 0 Å². The molecule has 1 aromatic rings. The summed E-state index contributed by atoms with van der Waals surface area (Å²) in [6.45, 7) is 4.53. The number of hydrogen-bond acceptors (Lipinski definition) is 7. The average molecular weight is 299 g/mol. The number of esters is 1. The maximum Gasteiger partial charge on any atom is 0.328 e. The fourth-order valence-corrected chi connectivity index (χ4v) is 1.39. The highest BCUT2D eigenvalue weighted by Crippen LogP contribution is 1.98. The predicted molar refractivity (Wildman–Crippen MR) is 68.0 cm³/mol. The molecular formula is C11H17N5O5. The largest absolute Gasteiger partial charge is 0.480 e. The molecule has 0 fully saturated rings. The summed E-state index contributed by atoms with van der Waals surface area (Å²) in [4.78, 5) is 33.8. The second kappa shape index (κ2) is 7.31. The Morgan fingerprint density at radius 1 is 1.33 bits per heavy atom. The van der Waals surface area contributed by atoms with Gasteiger partial charge in [0.1, 0.15) is 12.6 Å². The molecule has 1 unspecified atom stereocenters. The Morgan fingerprint density at radius 2 is 2.00 bits per heavy atom. The summed E-state index contributed by atoms with van der Waals surface area (Å²) in [5.74, 6) is -2.09. The number of carbonyl (C=O) groups excluding carboxylic acids is 2. The zero-order chi connectivity index (χ0) is 16.0. The van der Waals surface area contributed by atoms with Gasteiger partial charge >= 0.3 is 11.9 Å². The Kier molecular flexibility index (Phi) is 5.76. The molecule has 0 aliphatic heterocycles.